The molecule has 1 N–H and O–H groups in total. The first-order chi connectivity index (χ1) is 4.68. The molecule has 56 valence electrons. The summed E-state index contributed by atoms with van der Waals surface area (Å²) in [6.07, 6.45) is 4.95. The van der Waals surface area contributed by atoms with Gasteiger partial charge in [0, 0.05) is 14.1 Å². The fraction of sp³-hybridized carbons (Fsp3) is 0.571. The molecule has 0 heterocycles. The minimum atomic E-state index is 0.0373. The third-order valence-electron chi connectivity index (χ3n) is 1.00. The molecule has 0 atom stereocenters. The summed E-state index contributed by atoms with van der Waals surface area (Å²) in [5, 5.41) is 2.79. The highest BCUT2D eigenvalue weighted by atomic mass is 16.2. The molecule has 0 unspecified atom stereocenters. The number of amides is 1. The van der Waals surface area contributed by atoms with Crippen LogP contribution in [-0.4, -0.2) is 38.0 Å². The number of carbonyl (C=O) groups excluding carboxylic acids is 1. The second kappa shape index (κ2) is 4.83. The molecule has 0 aliphatic heterocycles. The van der Waals surface area contributed by atoms with Crippen LogP contribution in [0.15, 0.2) is 0 Å². The van der Waals surface area contributed by atoms with Gasteiger partial charge >= 0.3 is 0 Å². The molecule has 0 rings (SSSR count). The summed E-state index contributed by atoms with van der Waals surface area (Å²) in [4.78, 5) is 12.3. The van der Waals surface area contributed by atoms with Crippen molar-refractivity contribution >= 4 is 5.91 Å². The summed E-state index contributed by atoms with van der Waals surface area (Å²) in [5.41, 5.74) is 0. The van der Waals surface area contributed by atoms with Gasteiger partial charge in [-0.1, -0.05) is 5.92 Å². The molecule has 3 nitrogen and oxygen atoms in total. The number of likely N-dealkylation sites (N-methyl/N-ethyl adjacent to an activating group) is 1. The number of hydrogen-bond donors (Lipinski definition) is 1. The van der Waals surface area contributed by atoms with Gasteiger partial charge in [0.1, 0.15) is 0 Å². The summed E-state index contributed by atoms with van der Waals surface area (Å²) in [5.74, 6) is 2.42. The van der Waals surface area contributed by atoms with Crippen molar-refractivity contribution in [2.24, 2.45) is 0 Å². The zero-order valence-corrected chi connectivity index (χ0v) is 6.35. The largest absolute Gasteiger partial charge is 0.348 e. The monoisotopic (exact) mass is 140 g/mol. The summed E-state index contributed by atoms with van der Waals surface area (Å²) in [6.45, 7) is 0.761. The Morgan fingerprint density at radius 1 is 1.70 bits per heavy atom. The van der Waals surface area contributed by atoms with E-state index >= 15 is 0 Å². The highest BCUT2D eigenvalue weighted by molar-refractivity contribution is 5.77. The van der Waals surface area contributed by atoms with E-state index in [1.54, 1.807) is 14.1 Å². The first-order valence-corrected chi connectivity index (χ1v) is 3.03. The zero-order valence-electron chi connectivity index (χ0n) is 6.35. The van der Waals surface area contributed by atoms with E-state index in [9.17, 15) is 4.79 Å². The topological polar surface area (TPSA) is 32.3 Å². The molecule has 0 radical (unpaired) electrons. The van der Waals surface area contributed by atoms with Gasteiger partial charge in [0.05, 0.1) is 13.1 Å². The molecule has 0 bridgehead atoms. The lowest BCUT2D eigenvalue weighted by atomic mass is 10.5. The third-order valence-corrected chi connectivity index (χ3v) is 1.00. The van der Waals surface area contributed by atoms with E-state index in [1.165, 1.54) is 4.90 Å². The van der Waals surface area contributed by atoms with Gasteiger partial charge in [-0.05, 0) is 0 Å². The molecule has 0 aliphatic rings. The lowest BCUT2D eigenvalue weighted by Crippen LogP contribution is -2.32. The lowest BCUT2D eigenvalue weighted by Gasteiger charge is -2.08. The molecule has 0 aromatic heterocycles. The molecular weight excluding hydrogens is 128 g/mol. The Hall–Kier alpha value is -1.01. The highest BCUT2D eigenvalue weighted by Crippen LogP contribution is 1.73. The van der Waals surface area contributed by atoms with Gasteiger partial charge in [0.15, 0.2) is 0 Å². The van der Waals surface area contributed by atoms with Crippen molar-refractivity contribution in [3.05, 3.63) is 0 Å². The van der Waals surface area contributed by atoms with Crippen LogP contribution in [-0.2, 0) is 4.79 Å². The van der Waals surface area contributed by atoms with Crippen LogP contribution < -0.4 is 5.32 Å². The van der Waals surface area contributed by atoms with Crippen LogP contribution in [0.5, 0.6) is 0 Å². The zero-order chi connectivity index (χ0) is 7.98. The van der Waals surface area contributed by atoms with Gasteiger partial charge in [-0.2, -0.15) is 0 Å². The van der Waals surface area contributed by atoms with Crippen LogP contribution in [0, 0.1) is 12.3 Å². The Labute approximate surface area is 61.4 Å². The fourth-order valence-electron chi connectivity index (χ4n) is 0.400. The normalized spacial score (nSPS) is 8.50. The van der Waals surface area contributed by atoms with E-state index in [-0.39, 0.29) is 5.91 Å². The maximum atomic E-state index is 10.8. The van der Waals surface area contributed by atoms with Gasteiger partial charge < -0.3 is 4.90 Å². The molecular formula is C7H12N2O. The summed E-state index contributed by atoms with van der Waals surface area (Å²) < 4.78 is 0. The van der Waals surface area contributed by atoms with Gasteiger partial charge in [0.25, 0.3) is 0 Å². The van der Waals surface area contributed by atoms with E-state index in [0.717, 1.165) is 0 Å². The first-order valence-electron chi connectivity index (χ1n) is 3.03. The van der Waals surface area contributed by atoms with E-state index in [0.29, 0.717) is 13.1 Å². The number of nitrogens with one attached hydrogen (secondary N) is 1. The Kier molecular flexibility index (Phi) is 4.34. The van der Waals surface area contributed by atoms with Gasteiger partial charge in [-0.15, -0.1) is 6.42 Å². The van der Waals surface area contributed by atoms with Crippen molar-refractivity contribution in [1.29, 1.82) is 0 Å². The summed E-state index contributed by atoms with van der Waals surface area (Å²) in [7, 11) is 3.42. The minimum Gasteiger partial charge on any atom is -0.348 e. The van der Waals surface area contributed by atoms with Crippen LogP contribution in [0.25, 0.3) is 0 Å². The Bertz CT molecular complexity index is 146. The molecule has 0 saturated heterocycles. The highest BCUT2D eigenvalue weighted by Gasteiger charge is 1.99. The number of hydrogen-bond acceptors (Lipinski definition) is 2. The average molecular weight is 140 g/mol. The molecule has 0 aliphatic carbocycles. The quantitative estimate of drug-likeness (QED) is 0.415. The first kappa shape index (κ1) is 8.99. The van der Waals surface area contributed by atoms with E-state index in [4.69, 9.17) is 6.42 Å². The van der Waals surface area contributed by atoms with Crippen molar-refractivity contribution in [3.8, 4) is 12.3 Å². The van der Waals surface area contributed by atoms with Crippen molar-refractivity contribution in [3.63, 3.8) is 0 Å². The molecule has 0 fully saturated rings. The number of terminal acetylenes is 1. The van der Waals surface area contributed by atoms with Gasteiger partial charge in [-0.3, -0.25) is 10.1 Å². The van der Waals surface area contributed by atoms with Gasteiger partial charge in [0.2, 0.25) is 5.91 Å². The molecule has 3 heteroatoms. The SMILES string of the molecule is C#CCNCC(=O)N(C)C. The van der Waals surface area contributed by atoms with Crippen LogP contribution >= 0.6 is 0 Å². The molecule has 0 spiro atoms. The smallest absolute Gasteiger partial charge is 0.236 e. The predicted octanol–water partition coefficient (Wildman–Crippen LogP) is -0.703. The minimum absolute atomic E-state index is 0.0373. The summed E-state index contributed by atoms with van der Waals surface area (Å²) >= 11 is 0. The van der Waals surface area contributed by atoms with Crippen LogP contribution in [0.1, 0.15) is 0 Å². The van der Waals surface area contributed by atoms with Crippen LogP contribution in [0.2, 0.25) is 0 Å². The van der Waals surface area contributed by atoms with Gasteiger partial charge in [-0.25, -0.2) is 0 Å². The molecule has 0 saturated carbocycles. The van der Waals surface area contributed by atoms with Crippen molar-refractivity contribution < 1.29 is 4.79 Å². The van der Waals surface area contributed by atoms with E-state index < -0.39 is 0 Å². The summed E-state index contributed by atoms with van der Waals surface area (Å²) in [6, 6.07) is 0. The van der Waals surface area contributed by atoms with Crippen molar-refractivity contribution in [1.82, 2.24) is 10.2 Å². The number of rotatable bonds is 3. The van der Waals surface area contributed by atoms with Crippen molar-refractivity contribution in [2.45, 2.75) is 0 Å². The lowest BCUT2D eigenvalue weighted by molar-refractivity contribution is -0.127. The molecule has 10 heavy (non-hydrogen) atoms. The maximum Gasteiger partial charge on any atom is 0.236 e. The van der Waals surface area contributed by atoms with Crippen LogP contribution in [0.4, 0.5) is 0 Å². The maximum absolute atomic E-state index is 10.8. The van der Waals surface area contributed by atoms with Crippen LogP contribution in [0.3, 0.4) is 0 Å². The van der Waals surface area contributed by atoms with E-state index in [2.05, 4.69) is 11.2 Å². The molecule has 1 amide bonds. The molecule has 0 aromatic carbocycles. The van der Waals surface area contributed by atoms with Crippen molar-refractivity contribution in [2.75, 3.05) is 27.2 Å². The number of nitrogens with zero attached hydrogens (tertiary/aromatic N) is 1. The Morgan fingerprint density at radius 2 is 2.30 bits per heavy atom. The fourth-order valence-corrected chi connectivity index (χ4v) is 0.400. The third kappa shape index (κ3) is 3.93. The number of carbonyl (C=O) groups is 1. The molecule has 0 aromatic rings. The second-order valence-corrected chi connectivity index (χ2v) is 2.10. The Morgan fingerprint density at radius 3 is 2.70 bits per heavy atom. The predicted molar refractivity (Wildman–Crippen MR) is 40.4 cm³/mol. The second-order valence-electron chi connectivity index (χ2n) is 2.10. The van der Waals surface area contributed by atoms with E-state index in [1.807, 2.05) is 0 Å². The standard InChI is InChI=1S/C7H12N2O/c1-4-5-8-6-7(10)9(2)3/h1,8H,5-6H2,2-3H3. The Balaban J connectivity index is 3.33. The average Bonchev–Trinajstić information content (AvgIpc) is 1.88.